The van der Waals surface area contributed by atoms with E-state index in [0.717, 1.165) is 12.8 Å². The van der Waals surface area contributed by atoms with E-state index >= 15 is 0 Å². The van der Waals surface area contributed by atoms with Gasteiger partial charge in [-0.3, -0.25) is 4.79 Å². The van der Waals surface area contributed by atoms with Gasteiger partial charge in [-0.05, 0) is 37.0 Å². The molecule has 1 fully saturated rings. The first-order valence-corrected chi connectivity index (χ1v) is 7.10. The minimum Gasteiger partial charge on any atom is -0.406 e. The minimum atomic E-state index is -4.72. The van der Waals surface area contributed by atoms with Crippen molar-refractivity contribution in [3.05, 3.63) is 29.8 Å². The molecule has 0 aromatic heterocycles. The first kappa shape index (κ1) is 16.6. The summed E-state index contributed by atoms with van der Waals surface area (Å²) >= 11 is 0. The topological polar surface area (TPSA) is 55.6 Å². The fraction of sp³-hybridized carbons (Fsp3) is 0.533. The van der Waals surface area contributed by atoms with Crippen LogP contribution in [0.2, 0.25) is 0 Å². The number of carbonyl (C=O) groups excluding carboxylic acids is 1. The molecule has 2 unspecified atom stereocenters. The Kier molecular flexibility index (Phi) is 4.95. The van der Waals surface area contributed by atoms with E-state index in [1.807, 2.05) is 0 Å². The van der Waals surface area contributed by atoms with Crippen LogP contribution < -0.4 is 10.5 Å². The number of nitrogens with zero attached hydrogens (tertiary/aromatic N) is 1. The molecule has 0 aliphatic heterocycles. The first-order chi connectivity index (χ1) is 10.2. The van der Waals surface area contributed by atoms with Crippen LogP contribution in [-0.4, -0.2) is 30.3 Å². The summed E-state index contributed by atoms with van der Waals surface area (Å²) in [6.45, 7) is 0.236. The number of alkyl halides is 3. The molecule has 2 N–H and O–H groups in total. The maximum Gasteiger partial charge on any atom is 0.573 e. The Morgan fingerprint density at radius 2 is 2.14 bits per heavy atom. The molecule has 1 aromatic rings. The van der Waals surface area contributed by atoms with Crippen LogP contribution in [0.1, 0.15) is 24.8 Å². The van der Waals surface area contributed by atoms with Gasteiger partial charge in [0.15, 0.2) is 0 Å². The molecule has 0 saturated heterocycles. The molecule has 1 aromatic carbocycles. The first-order valence-electron chi connectivity index (χ1n) is 7.10. The fourth-order valence-electron chi connectivity index (χ4n) is 2.75. The third-order valence-electron chi connectivity index (χ3n) is 3.75. The van der Waals surface area contributed by atoms with Gasteiger partial charge in [-0.1, -0.05) is 12.1 Å². The molecule has 1 aliphatic carbocycles. The van der Waals surface area contributed by atoms with Crippen molar-refractivity contribution in [3.8, 4) is 5.75 Å². The molecule has 1 amide bonds. The Labute approximate surface area is 127 Å². The second-order valence-electron chi connectivity index (χ2n) is 5.66. The normalized spacial score (nSPS) is 21.7. The van der Waals surface area contributed by atoms with Crippen LogP contribution in [0.3, 0.4) is 0 Å². The van der Waals surface area contributed by atoms with Gasteiger partial charge in [-0.2, -0.15) is 0 Å². The Bertz CT molecular complexity index is 534. The van der Waals surface area contributed by atoms with Gasteiger partial charge in [0, 0.05) is 25.6 Å². The van der Waals surface area contributed by atoms with E-state index in [-0.39, 0.29) is 30.2 Å². The molecule has 7 heteroatoms. The van der Waals surface area contributed by atoms with Gasteiger partial charge in [0.25, 0.3) is 0 Å². The van der Waals surface area contributed by atoms with Crippen molar-refractivity contribution in [3.63, 3.8) is 0 Å². The van der Waals surface area contributed by atoms with Gasteiger partial charge in [0.1, 0.15) is 5.75 Å². The monoisotopic (exact) mass is 316 g/mol. The highest BCUT2D eigenvalue weighted by atomic mass is 19.4. The van der Waals surface area contributed by atoms with E-state index < -0.39 is 6.36 Å². The number of nitrogens with two attached hydrogens (primary N) is 1. The number of halogens is 3. The predicted molar refractivity (Wildman–Crippen MR) is 74.9 cm³/mol. The van der Waals surface area contributed by atoms with Gasteiger partial charge in [-0.25, -0.2) is 0 Å². The number of hydrogen-bond acceptors (Lipinski definition) is 3. The number of rotatable bonds is 4. The third kappa shape index (κ3) is 4.62. The number of amides is 1. The summed E-state index contributed by atoms with van der Waals surface area (Å²) in [5.41, 5.74) is 6.38. The Morgan fingerprint density at radius 3 is 2.73 bits per heavy atom. The Balaban J connectivity index is 1.98. The molecular weight excluding hydrogens is 297 g/mol. The van der Waals surface area contributed by atoms with E-state index in [9.17, 15) is 18.0 Å². The highest BCUT2D eigenvalue weighted by molar-refractivity contribution is 5.79. The van der Waals surface area contributed by atoms with Gasteiger partial charge in [-0.15, -0.1) is 13.2 Å². The Morgan fingerprint density at radius 1 is 1.41 bits per heavy atom. The summed E-state index contributed by atoms with van der Waals surface area (Å²) in [6.07, 6.45) is -2.46. The van der Waals surface area contributed by atoms with Crippen LogP contribution in [0.4, 0.5) is 13.2 Å². The van der Waals surface area contributed by atoms with Crippen LogP contribution in [0.5, 0.6) is 5.75 Å². The SMILES string of the molecule is CN(Cc1cccc(OC(F)(F)F)c1)C(=O)C1CCC(N)C1. The van der Waals surface area contributed by atoms with Crippen molar-refractivity contribution in [2.45, 2.75) is 38.2 Å². The largest absolute Gasteiger partial charge is 0.573 e. The molecule has 0 radical (unpaired) electrons. The second kappa shape index (κ2) is 6.56. The molecule has 22 heavy (non-hydrogen) atoms. The standard InChI is InChI=1S/C15H19F3N2O2/c1-20(14(21)11-5-6-12(19)8-11)9-10-3-2-4-13(7-10)22-15(16,17)18/h2-4,7,11-12H,5-6,8-9,19H2,1H3. The zero-order chi connectivity index (χ0) is 16.3. The molecule has 4 nitrogen and oxygen atoms in total. The lowest BCUT2D eigenvalue weighted by molar-refractivity contribution is -0.274. The van der Waals surface area contributed by atoms with Crippen LogP contribution >= 0.6 is 0 Å². The van der Waals surface area contributed by atoms with Gasteiger partial charge in [0.05, 0.1) is 0 Å². The summed E-state index contributed by atoms with van der Waals surface area (Å²) in [5.74, 6) is -0.390. The van der Waals surface area contributed by atoms with Crippen molar-refractivity contribution in [1.29, 1.82) is 0 Å². The van der Waals surface area contributed by atoms with Gasteiger partial charge in [0.2, 0.25) is 5.91 Å². The number of ether oxygens (including phenoxy) is 1. The molecule has 0 spiro atoms. The fourth-order valence-corrected chi connectivity index (χ4v) is 2.75. The average molecular weight is 316 g/mol. The van der Waals surface area contributed by atoms with Crippen molar-refractivity contribution in [2.24, 2.45) is 11.7 Å². The lowest BCUT2D eigenvalue weighted by Crippen LogP contribution is -2.32. The molecule has 122 valence electrons. The predicted octanol–water partition coefficient (Wildman–Crippen LogP) is 2.67. The zero-order valence-corrected chi connectivity index (χ0v) is 12.3. The summed E-state index contributed by atoms with van der Waals surface area (Å²) in [5, 5.41) is 0. The number of carbonyl (C=O) groups is 1. The minimum absolute atomic E-state index is 0.0184. The summed E-state index contributed by atoms with van der Waals surface area (Å²) in [6, 6.07) is 5.71. The highest BCUT2D eigenvalue weighted by Gasteiger charge is 2.31. The van der Waals surface area contributed by atoms with Crippen molar-refractivity contribution < 1.29 is 22.7 Å². The zero-order valence-electron chi connectivity index (χ0n) is 12.3. The van der Waals surface area contributed by atoms with E-state index in [2.05, 4.69) is 4.74 Å². The Hall–Kier alpha value is -1.76. The van der Waals surface area contributed by atoms with E-state index in [0.29, 0.717) is 12.0 Å². The van der Waals surface area contributed by atoms with Crippen LogP contribution in [0, 0.1) is 5.92 Å². The molecule has 2 rings (SSSR count). The molecular formula is C15H19F3N2O2. The molecule has 2 atom stereocenters. The number of hydrogen-bond donors (Lipinski definition) is 1. The average Bonchev–Trinajstić information content (AvgIpc) is 2.83. The van der Waals surface area contributed by atoms with E-state index in [1.54, 1.807) is 13.1 Å². The highest BCUT2D eigenvalue weighted by Crippen LogP contribution is 2.27. The lowest BCUT2D eigenvalue weighted by Gasteiger charge is -2.21. The molecule has 1 aliphatic rings. The maximum atomic E-state index is 12.3. The summed E-state index contributed by atoms with van der Waals surface area (Å²) < 4.78 is 40.5. The van der Waals surface area contributed by atoms with Crippen LogP contribution in [0.15, 0.2) is 24.3 Å². The van der Waals surface area contributed by atoms with E-state index in [1.165, 1.54) is 23.1 Å². The quantitative estimate of drug-likeness (QED) is 0.929. The third-order valence-corrected chi connectivity index (χ3v) is 3.75. The van der Waals surface area contributed by atoms with Crippen molar-refractivity contribution >= 4 is 5.91 Å². The van der Waals surface area contributed by atoms with Crippen LogP contribution in [-0.2, 0) is 11.3 Å². The van der Waals surface area contributed by atoms with Crippen LogP contribution in [0.25, 0.3) is 0 Å². The van der Waals surface area contributed by atoms with Crippen molar-refractivity contribution in [1.82, 2.24) is 4.90 Å². The summed E-state index contributed by atoms with van der Waals surface area (Å²) in [7, 11) is 1.64. The number of benzene rings is 1. The molecule has 0 heterocycles. The molecule has 0 bridgehead atoms. The maximum absolute atomic E-state index is 12.3. The summed E-state index contributed by atoms with van der Waals surface area (Å²) in [4.78, 5) is 13.8. The van der Waals surface area contributed by atoms with E-state index in [4.69, 9.17) is 5.73 Å². The molecule has 1 saturated carbocycles. The van der Waals surface area contributed by atoms with Gasteiger partial charge >= 0.3 is 6.36 Å². The lowest BCUT2D eigenvalue weighted by atomic mass is 10.1. The van der Waals surface area contributed by atoms with Crippen molar-refractivity contribution in [2.75, 3.05) is 7.05 Å². The second-order valence-corrected chi connectivity index (χ2v) is 5.66. The van der Waals surface area contributed by atoms with Gasteiger partial charge < -0.3 is 15.4 Å². The smallest absolute Gasteiger partial charge is 0.406 e.